The maximum atomic E-state index is 5.54. The number of rotatable bonds is 1. The summed E-state index contributed by atoms with van der Waals surface area (Å²) in [7, 11) is 2.13. The molecule has 14 heavy (non-hydrogen) atoms. The van der Waals surface area contributed by atoms with Crippen LogP contribution in [0.1, 0.15) is 31.9 Å². The van der Waals surface area contributed by atoms with Crippen LogP contribution in [0.5, 0.6) is 0 Å². The number of hydrogen-bond acceptors (Lipinski definition) is 4. The van der Waals surface area contributed by atoms with Crippen molar-refractivity contribution in [1.29, 1.82) is 0 Å². The van der Waals surface area contributed by atoms with Crippen molar-refractivity contribution >= 4 is 5.88 Å². The molecule has 78 valence electrons. The summed E-state index contributed by atoms with van der Waals surface area (Å²) in [6.07, 6.45) is 3.63. The lowest BCUT2D eigenvalue weighted by molar-refractivity contribution is 0.0811. The van der Waals surface area contributed by atoms with Gasteiger partial charge in [0.05, 0.1) is 5.54 Å². The SMILES string of the molecule is CN1CCCCC1(C)c1cc(N)on1. The summed E-state index contributed by atoms with van der Waals surface area (Å²) >= 11 is 0. The van der Waals surface area contributed by atoms with Crippen molar-refractivity contribution in [3.05, 3.63) is 11.8 Å². The summed E-state index contributed by atoms with van der Waals surface area (Å²) in [6.45, 7) is 3.31. The van der Waals surface area contributed by atoms with Gasteiger partial charge in [0, 0.05) is 6.07 Å². The molecule has 0 aliphatic carbocycles. The number of nitrogens with two attached hydrogens (primary N) is 1. The molecule has 4 heteroatoms. The maximum absolute atomic E-state index is 5.54. The van der Waals surface area contributed by atoms with E-state index in [9.17, 15) is 0 Å². The van der Waals surface area contributed by atoms with Gasteiger partial charge in [0.15, 0.2) is 0 Å². The Bertz CT molecular complexity index is 323. The molecule has 2 heterocycles. The quantitative estimate of drug-likeness (QED) is 0.739. The Hall–Kier alpha value is -1.03. The molecule has 1 aliphatic rings. The normalized spacial score (nSPS) is 29.3. The van der Waals surface area contributed by atoms with Crippen LogP contribution in [0.4, 0.5) is 5.88 Å². The zero-order valence-electron chi connectivity index (χ0n) is 8.79. The van der Waals surface area contributed by atoms with Gasteiger partial charge in [-0.1, -0.05) is 5.16 Å². The second-order valence-electron chi connectivity index (χ2n) is 4.27. The van der Waals surface area contributed by atoms with Gasteiger partial charge in [0.2, 0.25) is 5.88 Å². The Morgan fingerprint density at radius 1 is 1.57 bits per heavy atom. The van der Waals surface area contributed by atoms with Gasteiger partial charge < -0.3 is 10.3 Å². The van der Waals surface area contributed by atoms with Gasteiger partial charge in [0.1, 0.15) is 5.69 Å². The average molecular weight is 195 g/mol. The Kier molecular flexibility index (Phi) is 2.23. The molecule has 0 aromatic carbocycles. The number of piperidine rings is 1. The molecule has 4 nitrogen and oxygen atoms in total. The molecular weight excluding hydrogens is 178 g/mol. The fraction of sp³-hybridized carbons (Fsp3) is 0.700. The van der Waals surface area contributed by atoms with E-state index >= 15 is 0 Å². The van der Waals surface area contributed by atoms with Crippen molar-refractivity contribution in [2.45, 2.75) is 31.7 Å². The summed E-state index contributed by atoms with van der Waals surface area (Å²) in [6, 6.07) is 1.84. The standard InChI is InChI=1S/C10H17N3O/c1-10(5-3-4-6-13(10)2)8-7-9(11)14-12-8/h7H,3-6,11H2,1-2H3. The zero-order valence-corrected chi connectivity index (χ0v) is 8.79. The molecule has 0 saturated carbocycles. The van der Waals surface area contributed by atoms with Crippen molar-refractivity contribution in [3.8, 4) is 0 Å². The van der Waals surface area contributed by atoms with E-state index in [0.29, 0.717) is 5.88 Å². The summed E-state index contributed by atoms with van der Waals surface area (Å²) in [4.78, 5) is 2.33. The maximum Gasteiger partial charge on any atom is 0.222 e. The first-order valence-corrected chi connectivity index (χ1v) is 5.07. The second-order valence-corrected chi connectivity index (χ2v) is 4.27. The van der Waals surface area contributed by atoms with Crippen LogP contribution in [0.25, 0.3) is 0 Å². The lowest BCUT2D eigenvalue weighted by atomic mass is 9.86. The first-order valence-electron chi connectivity index (χ1n) is 5.07. The molecule has 1 unspecified atom stereocenters. The fourth-order valence-electron chi connectivity index (χ4n) is 2.12. The largest absolute Gasteiger partial charge is 0.368 e. The van der Waals surface area contributed by atoms with Crippen LogP contribution < -0.4 is 5.73 Å². The van der Waals surface area contributed by atoms with Crippen LogP contribution in [-0.4, -0.2) is 23.6 Å². The molecule has 0 spiro atoms. The van der Waals surface area contributed by atoms with Gasteiger partial charge in [0.25, 0.3) is 0 Å². The first-order chi connectivity index (χ1) is 6.63. The first kappa shape index (κ1) is 9.52. The minimum absolute atomic E-state index is 0.000625. The highest BCUT2D eigenvalue weighted by Crippen LogP contribution is 2.35. The predicted octanol–water partition coefficient (Wildman–Crippen LogP) is 1.59. The number of hydrogen-bond donors (Lipinski definition) is 1. The van der Waals surface area contributed by atoms with E-state index in [1.807, 2.05) is 6.07 Å². The van der Waals surface area contributed by atoms with Gasteiger partial charge >= 0.3 is 0 Å². The number of nitrogens with zero attached hydrogens (tertiary/aromatic N) is 2. The highest BCUT2D eigenvalue weighted by Gasteiger charge is 2.36. The zero-order chi connectivity index (χ0) is 10.2. The van der Waals surface area contributed by atoms with Crippen molar-refractivity contribution in [1.82, 2.24) is 10.1 Å². The summed E-state index contributed by atoms with van der Waals surface area (Å²) in [5.41, 5.74) is 6.50. The molecule has 1 aromatic rings. The van der Waals surface area contributed by atoms with Crippen molar-refractivity contribution < 1.29 is 4.52 Å². The Balaban J connectivity index is 2.29. The van der Waals surface area contributed by atoms with Gasteiger partial charge in [-0.2, -0.15) is 0 Å². The van der Waals surface area contributed by atoms with Crippen LogP contribution in [0, 0.1) is 0 Å². The summed E-state index contributed by atoms with van der Waals surface area (Å²) < 4.78 is 4.93. The molecule has 2 N–H and O–H groups in total. The minimum Gasteiger partial charge on any atom is -0.368 e. The molecule has 0 bridgehead atoms. The molecular formula is C10H17N3O. The van der Waals surface area contributed by atoms with E-state index in [0.717, 1.165) is 18.7 Å². The van der Waals surface area contributed by atoms with Crippen LogP contribution in [0.15, 0.2) is 10.6 Å². The van der Waals surface area contributed by atoms with Crippen molar-refractivity contribution in [2.75, 3.05) is 19.3 Å². The van der Waals surface area contributed by atoms with E-state index < -0.39 is 0 Å². The lowest BCUT2D eigenvalue weighted by Gasteiger charge is -2.41. The van der Waals surface area contributed by atoms with Crippen LogP contribution >= 0.6 is 0 Å². The minimum atomic E-state index is -0.000625. The van der Waals surface area contributed by atoms with E-state index in [1.165, 1.54) is 12.8 Å². The lowest BCUT2D eigenvalue weighted by Crippen LogP contribution is -2.44. The van der Waals surface area contributed by atoms with Crippen LogP contribution in [0.3, 0.4) is 0 Å². The molecule has 2 rings (SSSR count). The molecule has 0 radical (unpaired) electrons. The van der Waals surface area contributed by atoms with Crippen molar-refractivity contribution in [2.24, 2.45) is 0 Å². The summed E-state index contributed by atoms with van der Waals surface area (Å²) in [5, 5.41) is 4.02. The molecule has 1 aromatic heterocycles. The third kappa shape index (κ3) is 1.39. The molecule has 1 saturated heterocycles. The Morgan fingerprint density at radius 2 is 2.36 bits per heavy atom. The number of anilines is 1. The monoisotopic (exact) mass is 195 g/mol. The van der Waals surface area contributed by atoms with Gasteiger partial charge in [-0.15, -0.1) is 0 Å². The van der Waals surface area contributed by atoms with E-state index in [1.54, 1.807) is 0 Å². The third-order valence-corrected chi connectivity index (χ3v) is 3.33. The number of aromatic nitrogens is 1. The van der Waals surface area contributed by atoms with Gasteiger partial charge in [-0.3, -0.25) is 4.90 Å². The van der Waals surface area contributed by atoms with E-state index in [4.69, 9.17) is 10.3 Å². The Morgan fingerprint density at radius 3 is 2.93 bits per heavy atom. The van der Waals surface area contributed by atoms with Crippen molar-refractivity contribution in [3.63, 3.8) is 0 Å². The topological polar surface area (TPSA) is 55.3 Å². The second kappa shape index (κ2) is 3.28. The van der Waals surface area contributed by atoms with Crippen LogP contribution in [-0.2, 0) is 5.54 Å². The molecule has 1 atom stereocenters. The fourth-order valence-corrected chi connectivity index (χ4v) is 2.12. The number of nitrogen functional groups attached to an aromatic ring is 1. The highest BCUT2D eigenvalue weighted by atomic mass is 16.5. The predicted molar refractivity (Wildman–Crippen MR) is 54.7 cm³/mol. The number of likely N-dealkylation sites (tertiary alicyclic amines) is 1. The smallest absolute Gasteiger partial charge is 0.222 e. The van der Waals surface area contributed by atoms with Crippen LogP contribution in [0.2, 0.25) is 0 Å². The third-order valence-electron chi connectivity index (χ3n) is 3.33. The van der Waals surface area contributed by atoms with E-state index in [-0.39, 0.29) is 5.54 Å². The molecule has 0 amide bonds. The molecule has 1 fully saturated rings. The van der Waals surface area contributed by atoms with Gasteiger partial charge in [-0.25, -0.2) is 0 Å². The molecule has 1 aliphatic heterocycles. The van der Waals surface area contributed by atoms with Gasteiger partial charge in [-0.05, 0) is 39.8 Å². The Labute approximate surface area is 84.0 Å². The highest BCUT2D eigenvalue weighted by molar-refractivity contribution is 5.28. The average Bonchev–Trinajstić information content (AvgIpc) is 2.58. The summed E-state index contributed by atoms with van der Waals surface area (Å²) in [5.74, 6) is 0.403. The van der Waals surface area contributed by atoms with E-state index in [2.05, 4.69) is 24.0 Å².